The third kappa shape index (κ3) is 2.21. The summed E-state index contributed by atoms with van der Waals surface area (Å²) in [6, 6.07) is 0. The van der Waals surface area contributed by atoms with Gasteiger partial charge in [-0.05, 0) is 29.3 Å². The molecule has 0 aliphatic heterocycles. The van der Waals surface area contributed by atoms with Crippen molar-refractivity contribution >= 4 is 22.4 Å². The molecule has 0 aromatic carbocycles. The van der Waals surface area contributed by atoms with E-state index in [4.69, 9.17) is 5.11 Å². The number of anilines is 1. The largest absolute Gasteiger partial charge is 0.465 e. The van der Waals surface area contributed by atoms with Gasteiger partial charge < -0.3 is 5.11 Å². The second-order valence-corrected chi connectivity index (χ2v) is 3.59. The van der Waals surface area contributed by atoms with Crippen LogP contribution in [0, 0.1) is 0 Å². The smallest absolute Gasteiger partial charge is 0.409 e. The molecule has 1 aromatic heterocycles. The van der Waals surface area contributed by atoms with Gasteiger partial charge in [-0.1, -0.05) is 13.8 Å². The van der Waals surface area contributed by atoms with Crippen LogP contribution in [0.15, 0.2) is 5.38 Å². The fourth-order valence-corrected chi connectivity index (χ4v) is 2.44. The van der Waals surface area contributed by atoms with Crippen molar-refractivity contribution in [1.29, 1.82) is 0 Å². The normalized spacial score (nSPS) is 10.0. The van der Waals surface area contributed by atoms with E-state index in [0.29, 0.717) is 0 Å². The molecule has 72 valence electrons. The number of thiophene rings is 1. The third-order valence-corrected chi connectivity index (χ3v) is 2.92. The Morgan fingerprint density at radius 3 is 2.69 bits per heavy atom. The van der Waals surface area contributed by atoms with E-state index < -0.39 is 6.09 Å². The molecule has 0 radical (unpaired) electrons. The first-order valence-corrected chi connectivity index (χ1v) is 5.16. The molecule has 1 aromatic rings. The second kappa shape index (κ2) is 4.28. The van der Waals surface area contributed by atoms with Gasteiger partial charge in [-0.25, -0.2) is 4.79 Å². The Morgan fingerprint density at radius 2 is 2.23 bits per heavy atom. The van der Waals surface area contributed by atoms with Gasteiger partial charge in [-0.3, -0.25) is 5.32 Å². The van der Waals surface area contributed by atoms with Gasteiger partial charge >= 0.3 is 6.09 Å². The monoisotopic (exact) mass is 199 g/mol. The number of carboxylic acid groups (broad SMARTS) is 1. The van der Waals surface area contributed by atoms with Crippen LogP contribution in [0.3, 0.4) is 0 Å². The molecule has 0 aliphatic carbocycles. The van der Waals surface area contributed by atoms with Gasteiger partial charge in [-0.2, -0.15) is 0 Å². The van der Waals surface area contributed by atoms with Crippen LogP contribution in [-0.2, 0) is 12.8 Å². The van der Waals surface area contributed by atoms with Gasteiger partial charge in [0.1, 0.15) is 5.00 Å². The number of aryl methyl sites for hydroxylation is 1. The van der Waals surface area contributed by atoms with E-state index in [9.17, 15) is 4.79 Å². The number of hydrogen-bond donors (Lipinski definition) is 2. The zero-order valence-corrected chi connectivity index (χ0v) is 8.57. The van der Waals surface area contributed by atoms with Gasteiger partial charge in [0.25, 0.3) is 0 Å². The first-order chi connectivity index (χ1) is 6.19. The average Bonchev–Trinajstić information content (AvgIpc) is 2.45. The summed E-state index contributed by atoms with van der Waals surface area (Å²) in [5, 5.41) is 13.8. The molecule has 13 heavy (non-hydrogen) atoms. The lowest BCUT2D eigenvalue weighted by Gasteiger charge is -2.02. The fraction of sp³-hybridized carbons (Fsp3) is 0.444. The van der Waals surface area contributed by atoms with Crippen LogP contribution in [0.2, 0.25) is 0 Å². The maximum atomic E-state index is 10.4. The molecule has 1 heterocycles. The summed E-state index contributed by atoms with van der Waals surface area (Å²) in [5.74, 6) is 0. The predicted molar refractivity (Wildman–Crippen MR) is 54.7 cm³/mol. The minimum atomic E-state index is -0.987. The molecule has 0 saturated carbocycles. The van der Waals surface area contributed by atoms with Crippen LogP contribution in [0.5, 0.6) is 0 Å². The molecular formula is C9H13NO2S. The van der Waals surface area contributed by atoms with Gasteiger partial charge in [0, 0.05) is 0 Å². The van der Waals surface area contributed by atoms with Crippen LogP contribution in [-0.4, -0.2) is 11.2 Å². The summed E-state index contributed by atoms with van der Waals surface area (Å²) in [4.78, 5) is 10.4. The molecule has 0 bridgehead atoms. The highest BCUT2D eigenvalue weighted by molar-refractivity contribution is 7.14. The molecule has 4 heteroatoms. The molecule has 1 amide bonds. The lowest BCUT2D eigenvalue weighted by atomic mass is 10.1. The molecule has 2 N–H and O–H groups in total. The highest BCUT2D eigenvalue weighted by Crippen LogP contribution is 2.28. The van der Waals surface area contributed by atoms with Crippen molar-refractivity contribution in [3.8, 4) is 0 Å². The van der Waals surface area contributed by atoms with E-state index in [1.54, 1.807) is 0 Å². The van der Waals surface area contributed by atoms with E-state index in [0.717, 1.165) is 23.4 Å². The van der Waals surface area contributed by atoms with Crippen LogP contribution in [0.25, 0.3) is 0 Å². The molecule has 3 nitrogen and oxygen atoms in total. The predicted octanol–water partition coefficient (Wildman–Crippen LogP) is 2.96. The van der Waals surface area contributed by atoms with E-state index in [2.05, 4.69) is 12.2 Å². The van der Waals surface area contributed by atoms with Gasteiger partial charge in [0.05, 0.1) is 0 Å². The molecular weight excluding hydrogens is 186 g/mol. The van der Waals surface area contributed by atoms with E-state index in [-0.39, 0.29) is 0 Å². The molecule has 1 rings (SSSR count). The maximum Gasteiger partial charge on any atom is 0.409 e. The molecule has 0 atom stereocenters. The molecule has 0 aliphatic rings. The molecule has 0 unspecified atom stereocenters. The lowest BCUT2D eigenvalue weighted by molar-refractivity contribution is 0.210. The number of amides is 1. The summed E-state index contributed by atoms with van der Waals surface area (Å²) < 4.78 is 0. The highest BCUT2D eigenvalue weighted by atomic mass is 32.1. The van der Waals surface area contributed by atoms with Crippen LogP contribution in [0.4, 0.5) is 9.80 Å². The number of carbonyl (C=O) groups is 1. The molecule has 0 fully saturated rings. The van der Waals surface area contributed by atoms with E-state index in [1.807, 2.05) is 12.3 Å². The minimum Gasteiger partial charge on any atom is -0.465 e. The van der Waals surface area contributed by atoms with E-state index in [1.165, 1.54) is 16.9 Å². The zero-order valence-electron chi connectivity index (χ0n) is 7.76. The van der Waals surface area contributed by atoms with Gasteiger partial charge in [0.15, 0.2) is 0 Å². The first-order valence-electron chi connectivity index (χ1n) is 4.28. The topological polar surface area (TPSA) is 49.3 Å². The Labute approximate surface area is 81.4 Å². The number of hydrogen-bond acceptors (Lipinski definition) is 2. The second-order valence-electron chi connectivity index (χ2n) is 2.71. The standard InChI is InChI=1S/C9H13NO2S/c1-3-6-5-13-8(7(6)4-2)10-9(11)12/h5,10H,3-4H2,1-2H3,(H,11,12). The van der Waals surface area contributed by atoms with Crippen molar-refractivity contribution in [2.45, 2.75) is 26.7 Å². The third-order valence-electron chi connectivity index (χ3n) is 1.94. The Morgan fingerprint density at radius 1 is 1.54 bits per heavy atom. The SMILES string of the molecule is CCc1csc(NC(=O)O)c1CC. The summed E-state index contributed by atoms with van der Waals surface area (Å²) in [6.45, 7) is 4.11. The van der Waals surface area contributed by atoms with Crippen molar-refractivity contribution in [3.05, 3.63) is 16.5 Å². The molecule has 0 spiro atoms. The summed E-state index contributed by atoms with van der Waals surface area (Å²) in [6.07, 6.45) is 0.850. The summed E-state index contributed by atoms with van der Waals surface area (Å²) in [7, 11) is 0. The quantitative estimate of drug-likeness (QED) is 0.786. The Hall–Kier alpha value is -1.03. The molecule has 0 saturated heterocycles. The maximum absolute atomic E-state index is 10.4. The zero-order chi connectivity index (χ0) is 9.84. The Kier molecular flexibility index (Phi) is 3.31. The Bertz CT molecular complexity index is 307. The van der Waals surface area contributed by atoms with Crippen molar-refractivity contribution in [2.75, 3.05) is 5.32 Å². The fourth-order valence-electron chi connectivity index (χ4n) is 1.30. The Balaban J connectivity index is 2.93. The van der Waals surface area contributed by atoms with Crippen LogP contribution in [0.1, 0.15) is 25.0 Å². The number of nitrogens with one attached hydrogen (secondary N) is 1. The first kappa shape index (κ1) is 10.1. The van der Waals surface area contributed by atoms with Gasteiger partial charge in [-0.15, -0.1) is 11.3 Å². The summed E-state index contributed by atoms with van der Waals surface area (Å²) in [5.41, 5.74) is 2.38. The van der Waals surface area contributed by atoms with Crippen LogP contribution >= 0.6 is 11.3 Å². The van der Waals surface area contributed by atoms with E-state index >= 15 is 0 Å². The average molecular weight is 199 g/mol. The van der Waals surface area contributed by atoms with Crippen molar-refractivity contribution in [3.63, 3.8) is 0 Å². The highest BCUT2D eigenvalue weighted by Gasteiger charge is 2.10. The van der Waals surface area contributed by atoms with Crippen molar-refractivity contribution < 1.29 is 9.90 Å². The number of rotatable bonds is 3. The van der Waals surface area contributed by atoms with Crippen molar-refractivity contribution in [1.82, 2.24) is 0 Å². The minimum absolute atomic E-state index is 0.770. The van der Waals surface area contributed by atoms with Gasteiger partial charge in [0.2, 0.25) is 0 Å². The summed E-state index contributed by atoms with van der Waals surface area (Å²) >= 11 is 1.46. The lowest BCUT2D eigenvalue weighted by Crippen LogP contribution is -2.07. The van der Waals surface area contributed by atoms with Crippen molar-refractivity contribution in [2.24, 2.45) is 0 Å². The van der Waals surface area contributed by atoms with Crippen LogP contribution < -0.4 is 5.32 Å².